The van der Waals surface area contributed by atoms with Gasteiger partial charge in [0.05, 0.1) is 16.9 Å². The smallest absolute Gasteiger partial charge is 0.224 e. The highest BCUT2D eigenvalue weighted by molar-refractivity contribution is 6.30. The molecule has 0 spiro atoms. The molecule has 0 unspecified atom stereocenters. The van der Waals surface area contributed by atoms with Crippen molar-refractivity contribution < 1.29 is 4.39 Å². The summed E-state index contributed by atoms with van der Waals surface area (Å²) in [7, 11) is 3.71. The lowest BCUT2D eigenvalue weighted by Crippen LogP contribution is -2.12. The average Bonchev–Trinajstić information content (AvgIpc) is 2.96. The van der Waals surface area contributed by atoms with E-state index < -0.39 is 5.82 Å². The zero-order valence-electron chi connectivity index (χ0n) is 15.2. The molecule has 0 aliphatic rings. The lowest BCUT2D eigenvalue weighted by molar-refractivity contribution is 0.617. The van der Waals surface area contributed by atoms with Gasteiger partial charge in [0.15, 0.2) is 0 Å². The molecule has 6 nitrogen and oxygen atoms in total. The van der Waals surface area contributed by atoms with Crippen molar-refractivity contribution in [1.29, 1.82) is 0 Å². The van der Waals surface area contributed by atoms with E-state index in [1.807, 2.05) is 21.0 Å². The minimum absolute atomic E-state index is 0.324. The van der Waals surface area contributed by atoms with E-state index in [9.17, 15) is 4.39 Å². The molecule has 0 amide bonds. The van der Waals surface area contributed by atoms with E-state index in [-0.39, 0.29) is 0 Å². The van der Waals surface area contributed by atoms with Gasteiger partial charge in [-0.15, -0.1) is 0 Å². The maximum Gasteiger partial charge on any atom is 0.224 e. The number of aliphatic imine (C=N–C) groups is 1. The van der Waals surface area contributed by atoms with E-state index in [0.29, 0.717) is 33.7 Å². The quantitative estimate of drug-likeness (QED) is 0.619. The molecule has 2 aromatic heterocycles. The third kappa shape index (κ3) is 3.73. The van der Waals surface area contributed by atoms with Gasteiger partial charge in [0.1, 0.15) is 11.6 Å². The van der Waals surface area contributed by atoms with Crippen LogP contribution < -0.4 is 4.90 Å². The summed E-state index contributed by atoms with van der Waals surface area (Å²) in [5.74, 6) is 0.637. The predicted molar refractivity (Wildman–Crippen MR) is 107 cm³/mol. The minimum atomic E-state index is -0.451. The van der Waals surface area contributed by atoms with E-state index in [4.69, 9.17) is 11.6 Å². The summed E-state index contributed by atoms with van der Waals surface area (Å²) >= 11 is 5.90. The monoisotopic (exact) mass is 384 g/mol. The van der Waals surface area contributed by atoms with Crippen LogP contribution in [0.4, 0.5) is 10.3 Å². The van der Waals surface area contributed by atoms with Crippen molar-refractivity contribution in [1.82, 2.24) is 19.5 Å². The SMILES string of the molecule is C=N/C=C\c1nc(-c2cnc(N(C)C)nc2)n(-c2ccc(Cl)cc2F)c1C. The van der Waals surface area contributed by atoms with Crippen LogP contribution in [0.1, 0.15) is 11.4 Å². The first-order chi connectivity index (χ1) is 12.9. The first kappa shape index (κ1) is 18.7. The van der Waals surface area contributed by atoms with Gasteiger partial charge in [-0.2, -0.15) is 0 Å². The predicted octanol–water partition coefficient (Wildman–Crippen LogP) is 4.17. The van der Waals surface area contributed by atoms with Crippen molar-refractivity contribution in [2.75, 3.05) is 19.0 Å². The number of hydrogen-bond donors (Lipinski definition) is 0. The molecule has 3 aromatic rings. The summed E-state index contributed by atoms with van der Waals surface area (Å²) in [5.41, 5.74) is 2.37. The zero-order valence-corrected chi connectivity index (χ0v) is 15.9. The summed E-state index contributed by atoms with van der Waals surface area (Å²) in [6, 6.07) is 4.52. The largest absolute Gasteiger partial charge is 0.347 e. The number of nitrogens with zero attached hydrogens (tertiary/aromatic N) is 6. The highest BCUT2D eigenvalue weighted by Gasteiger charge is 2.19. The van der Waals surface area contributed by atoms with Crippen LogP contribution in [0.2, 0.25) is 5.02 Å². The minimum Gasteiger partial charge on any atom is -0.347 e. The Balaban J connectivity index is 2.22. The fraction of sp³-hybridized carbons (Fsp3) is 0.158. The molecular weight excluding hydrogens is 367 g/mol. The molecular formula is C19H18ClFN6. The lowest BCUT2D eigenvalue weighted by Gasteiger charge is -2.13. The third-order valence-corrected chi connectivity index (χ3v) is 4.16. The molecule has 27 heavy (non-hydrogen) atoms. The van der Waals surface area contributed by atoms with Crippen LogP contribution in [0.5, 0.6) is 0 Å². The fourth-order valence-corrected chi connectivity index (χ4v) is 2.78. The highest BCUT2D eigenvalue weighted by atomic mass is 35.5. The van der Waals surface area contributed by atoms with Gasteiger partial charge < -0.3 is 4.90 Å². The first-order valence-corrected chi connectivity index (χ1v) is 8.47. The Hall–Kier alpha value is -3.06. The van der Waals surface area contributed by atoms with Gasteiger partial charge in [0.25, 0.3) is 0 Å². The molecule has 0 aliphatic heterocycles. The number of hydrogen-bond acceptors (Lipinski definition) is 5. The molecule has 0 bridgehead atoms. The Morgan fingerprint density at radius 1 is 1.26 bits per heavy atom. The van der Waals surface area contributed by atoms with Crippen LogP contribution in [0.25, 0.3) is 23.2 Å². The molecule has 0 atom stereocenters. The Morgan fingerprint density at radius 3 is 2.56 bits per heavy atom. The highest BCUT2D eigenvalue weighted by Crippen LogP contribution is 2.29. The summed E-state index contributed by atoms with van der Waals surface area (Å²) in [5, 5.41) is 0.324. The Labute approximate surface area is 161 Å². The zero-order chi connectivity index (χ0) is 19.6. The van der Waals surface area contributed by atoms with Crippen molar-refractivity contribution in [3.63, 3.8) is 0 Å². The Kier molecular flexibility index (Phi) is 5.32. The summed E-state index contributed by atoms with van der Waals surface area (Å²) < 4.78 is 16.3. The number of anilines is 1. The second-order valence-electron chi connectivity index (χ2n) is 6.00. The standard InChI is InChI=1S/C19H18ClFN6/c1-12-16(7-8-22-2)25-18(13-10-23-19(24-11-13)26(3)4)27(12)17-6-5-14(20)9-15(17)21/h5-11H,2H2,1,3-4H3/b8-7-. The van der Waals surface area contributed by atoms with E-state index in [1.54, 1.807) is 40.1 Å². The Morgan fingerprint density at radius 2 is 1.96 bits per heavy atom. The number of halogens is 2. The second-order valence-corrected chi connectivity index (χ2v) is 6.44. The summed E-state index contributed by atoms with van der Waals surface area (Å²) in [6.45, 7) is 5.28. The molecule has 3 rings (SSSR count). The summed E-state index contributed by atoms with van der Waals surface area (Å²) in [6.07, 6.45) is 6.57. The molecule has 0 saturated heterocycles. The lowest BCUT2D eigenvalue weighted by atomic mass is 10.2. The molecule has 0 N–H and O–H groups in total. The van der Waals surface area contributed by atoms with Crippen LogP contribution in [0.3, 0.4) is 0 Å². The normalized spacial score (nSPS) is 11.1. The van der Waals surface area contributed by atoms with E-state index >= 15 is 0 Å². The molecule has 0 fully saturated rings. The van der Waals surface area contributed by atoms with Gasteiger partial charge >= 0.3 is 0 Å². The number of benzene rings is 1. The number of aromatic nitrogens is 4. The molecule has 0 radical (unpaired) electrons. The average molecular weight is 385 g/mol. The molecule has 1 aromatic carbocycles. The van der Waals surface area contributed by atoms with Crippen LogP contribution in [-0.4, -0.2) is 40.3 Å². The Bertz CT molecular complexity index is 1010. The van der Waals surface area contributed by atoms with Gasteiger partial charge in [-0.05, 0) is 37.9 Å². The molecule has 2 heterocycles. The van der Waals surface area contributed by atoms with Crippen molar-refractivity contribution in [2.45, 2.75) is 6.92 Å². The number of imidazole rings is 1. The molecule has 0 saturated carbocycles. The van der Waals surface area contributed by atoms with Crippen molar-refractivity contribution in [3.8, 4) is 17.1 Å². The van der Waals surface area contributed by atoms with Crippen LogP contribution in [0, 0.1) is 12.7 Å². The number of rotatable bonds is 5. The topological polar surface area (TPSA) is 59.2 Å². The van der Waals surface area contributed by atoms with Gasteiger partial charge in [-0.1, -0.05) is 11.6 Å². The first-order valence-electron chi connectivity index (χ1n) is 8.09. The van der Waals surface area contributed by atoms with Crippen molar-refractivity contribution in [2.24, 2.45) is 4.99 Å². The van der Waals surface area contributed by atoms with Crippen molar-refractivity contribution in [3.05, 3.63) is 59.0 Å². The van der Waals surface area contributed by atoms with E-state index in [1.165, 1.54) is 12.3 Å². The van der Waals surface area contributed by atoms with Gasteiger partial charge in [-0.3, -0.25) is 9.56 Å². The summed E-state index contributed by atoms with van der Waals surface area (Å²) in [4.78, 5) is 18.8. The van der Waals surface area contributed by atoms with Crippen LogP contribution >= 0.6 is 11.6 Å². The third-order valence-electron chi connectivity index (χ3n) is 3.93. The van der Waals surface area contributed by atoms with Crippen LogP contribution in [0.15, 0.2) is 41.8 Å². The maximum absolute atomic E-state index is 14.6. The second kappa shape index (κ2) is 7.67. The van der Waals surface area contributed by atoms with Crippen LogP contribution in [-0.2, 0) is 0 Å². The van der Waals surface area contributed by atoms with Gasteiger partial charge in [0, 0.05) is 43.4 Å². The molecule has 0 aliphatic carbocycles. The van der Waals surface area contributed by atoms with Crippen molar-refractivity contribution >= 4 is 30.3 Å². The van der Waals surface area contributed by atoms with E-state index in [0.717, 1.165) is 5.69 Å². The molecule has 138 valence electrons. The van der Waals surface area contributed by atoms with E-state index in [2.05, 4.69) is 26.7 Å². The fourth-order valence-electron chi connectivity index (χ4n) is 2.62. The van der Waals surface area contributed by atoms with Gasteiger partial charge in [0.2, 0.25) is 5.95 Å². The maximum atomic E-state index is 14.6. The molecule has 8 heteroatoms. The van der Waals surface area contributed by atoms with Gasteiger partial charge in [-0.25, -0.2) is 19.3 Å².